The Morgan fingerprint density at radius 3 is 2.61 bits per heavy atom. The van der Waals surface area contributed by atoms with Crippen molar-refractivity contribution < 1.29 is 9.53 Å². The Morgan fingerprint density at radius 2 is 2.06 bits per heavy atom. The molecule has 1 unspecified atom stereocenters. The zero-order valence-corrected chi connectivity index (χ0v) is 11.7. The predicted octanol–water partition coefficient (Wildman–Crippen LogP) is 2.39. The van der Waals surface area contributed by atoms with Crippen molar-refractivity contribution in [2.24, 2.45) is 0 Å². The highest BCUT2D eigenvalue weighted by Crippen LogP contribution is 2.13. The molecular formula is C15H23NO2. The van der Waals surface area contributed by atoms with Crippen LogP contribution < -0.4 is 5.32 Å². The highest BCUT2D eigenvalue weighted by molar-refractivity contribution is 5.70. The minimum absolute atomic E-state index is 0.143. The molecule has 0 saturated carbocycles. The van der Waals surface area contributed by atoms with E-state index in [0.717, 1.165) is 13.0 Å². The summed E-state index contributed by atoms with van der Waals surface area (Å²) in [6.45, 7) is 7.12. The molecule has 1 rings (SSSR count). The van der Waals surface area contributed by atoms with Crippen LogP contribution in [0.5, 0.6) is 0 Å². The summed E-state index contributed by atoms with van der Waals surface area (Å²) in [5.74, 6) is -0.162. The average Bonchev–Trinajstić information content (AvgIpc) is 2.34. The van der Waals surface area contributed by atoms with E-state index in [2.05, 4.69) is 37.4 Å². The normalized spacial score (nSPS) is 12.2. The number of benzene rings is 1. The van der Waals surface area contributed by atoms with Crippen molar-refractivity contribution in [2.45, 2.75) is 39.7 Å². The van der Waals surface area contributed by atoms with E-state index in [0.29, 0.717) is 6.42 Å². The molecule has 0 aliphatic rings. The number of esters is 1. The lowest BCUT2D eigenvalue weighted by molar-refractivity contribution is -0.141. The van der Waals surface area contributed by atoms with E-state index in [1.807, 2.05) is 6.92 Å². The largest absolute Gasteiger partial charge is 0.469 e. The van der Waals surface area contributed by atoms with Gasteiger partial charge in [0, 0.05) is 6.04 Å². The maximum Gasteiger partial charge on any atom is 0.307 e. The maximum atomic E-state index is 11.3. The summed E-state index contributed by atoms with van der Waals surface area (Å²) in [5.41, 5.74) is 3.85. The molecule has 0 aliphatic heterocycles. The van der Waals surface area contributed by atoms with Gasteiger partial charge in [-0.05, 0) is 43.5 Å². The molecule has 18 heavy (non-hydrogen) atoms. The van der Waals surface area contributed by atoms with Crippen molar-refractivity contribution >= 4 is 5.97 Å². The number of likely N-dealkylation sites (N-methyl/N-ethyl adjacent to an activating group) is 1. The van der Waals surface area contributed by atoms with Crippen LogP contribution in [0.3, 0.4) is 0 Å². The molecule has 1 N–H and O–H groups in total. The van der Waals surface area contributed by atoms with Gasteiger partial charge in [0.1, 0.15) is 0 Å². The van der Waals surface area contributed by atoms with Gasteiger partial charge in [0.25, 0.3) is 0 Å². The summed E-state index contributed by atoms with van der Waals surface area (Å²) in [7, 11) is 1.43. The first-order chi connectivity index (χ1) is 8.56. The Bertz CT molecular complexity index is 401. The lowest BCUT2D eigenvalue weighted by Crippen LogP contribution is -2.33. The summed E-state index contributed by atoms with van der Waals surface area (Å²) in [5, 5.41) is 3.33. The van der Waals surface area contributed by atoms with E-state index in [9.17, 15) is 4.79 Å². The van der Waals surface area contributed by atoms with Crippen LogP contribution in [0.2, 0.25) is 0 Å². The monoisotopic (exact) mass is 249 g/mol. The Kier molecular flexibility index (Phi) is 5.86. The molecule has 3 nitrogen and oxygen atoms in total. The van der Waals surface area contributed by atoms with Crippen LogP contribution in [0.15, 0.2) is 18.2 Å². The Morgan fingerprint density at radius 1 is 1.33 bits per heavy atom. The smallest absolute Gasteiger partial charge is 0.307 e. The molecule has 0 aromatic heterocycles. The van der Waals surface area contributed by atoms with Gasteiger partial charge in [-0.25, -0.2) is 0 Å². The van der Waals surface area contributed by atoms with Crippen molar-refractivity contribution in [1.29, 1.82) is 0 Å². The third-order valence-electron chi connectivity index (χ3n) is 3.19. The fourth-order valence-corrected chi connectivity index (χ4v) is 2.00. The number of hydrogen-bond donors (Lipinski definition) is 1. The minimum atomic E-state index is -0.162. The number of aryl methyl sites for hydroxylation is 2. The molecule has 0 aliphatic carbocycles. The molecule has 0 spiro atoms. The molecular weight excluding hydrogens is 226 g/mol. The number of rotatable bonds is 6. The fraction of sp³-hybridized carbons (Fsp3) is 0.533. The van der Waals surface area contributed by atoms with Crippen molar-refractivity contribution in [3.63, 3.8) is 0 Å². The van der Waals surface area contributed by atoms with Crippen LogP contribution >= 0.6 is 0 Å². The van der Waals surface area contributed by atoms with Crippen LogP contribution in [0, 0.1) is 13.8 Å². The molecule has 0 bridgehead atoms. The topological polar surface area (TPSA) is 38.3 Å². The molecule has 0 amide bonds. The van der Waals surface area contributed by atoms with Gasteiger partial charge in [0.15, 0.2) is 0 Å². The van der Waals surface area contributed by atoms with Crippen LogP contribution in [0.4, 0.5) is 0 Å². The minimum Gasteiger partial charge on any atom is -0.469 e. The Labute approximate surface area is 110 Å². The molecule has 3 heteroatoms. The second kappa shape index (κ2) is 7.17. The van der Waals surface area contributed by atoms with Gasteiger partial charge in [-0.15, -0.1) is 0 Å². The lowest BCUT2D eigenvalue weighted by atomic mass is 9.99. The second-order valence-corrected chi connectivity index (χ2v) is 4.66. The van der Waals surface area contributed by atoms with Crippen LogP contribution in [-0.2, 0) is 16.0 Å². The highest BCUT2D eigenvalue weighted by atomic mass is 16.5. The van der Waals surface area contributed by atoms with E-state index in [1.165, 1.54) is 23.8 Å². The molecule has 100 valence electrons. The first-order valence-electron chi connectivity index (χ1n) is 6.43. The molecule has 0 radical (unpaired) electrons. The summed E-state index contributed by atoms with van der Waals surface area (Å²) >= 11 is 0. The van der Waals surface area contributed by atoms with Gasteiger partial charge < -0.3 is 10.1 Å². The van der Waals surface area contributed by atoms with E-state index >= 15 is 0 Å². The molecule has 1 atom stereocenters. The summed E-state index contributed by atoms with van der Waals surface area (Å²) in [4.78, 5) is 11.3. The quantitative estimate of drug-likeness (QED) is 0.787. The van der Waals surface area contributed by atoms with Gasteiger partial charge in [0.05, 0.1) is 13.5 Å². The van der Waals surface area contributed by atoms with Gasteiger partial charge in [0.2, 0.25) is 0 Å². The van der Waals surface area contributed by atoms with Gasteiger partial charge >= 0.3 is 5.97 Å². The van der Waals surface area contributed by atoms with Crippen molar-refractivity contribution in [2.75, 3.05) is 13.7 Å². The SMILES string of the molecule is CCNC(CC(=O)OC)Cc1ccc(C)c(C)c1. The number of nitrogens with one attached hydrogen (secondary N) is 1. The zero-order chi connectivity index (χ0) is 13.5. The second-order valence-electron chi connectivity index (χ2n) is 4.66. The van der Waals surface area contributed by atoms with Crippen LogP contribution in [-0.4, -0.2) is 25.7 Å². The van der Waals surface area contributed by atoms with Crippen LogP contribution in [0.1, 0.15) is 30.0 Å². The number of methoxy groups -OCH3 is 1. The van der Waals surface area contributed by atoms with Crippen molar-refractivity contribution in [3.05, 3.63) is 34.9 Å². The van der Waals surface area contributed by atoms with Crippen LogP contribution in [0.25, 0.3) is 0 Å². The summed E-state index contributed by atoms with van der Waals surface area (Å²) < 4.78 is 4.73. The van der Waals surface area contributed by atoms with E-state index in [-0.39, 0.29) is 12.0 Å². The third kappa shape index (κ3) is 4.49. The molecule has 1 aromatic rings. The fourth-order valence-electron chi connectivity index (χ4n) is 2.00. The number of ether oxygens (including phenoxy) is 1. The van der Waals surface area contributed by atoms with Gasteiger partial charge in [-0.1, -0.05) is 25.1 Å². The van der Waals surface area contributed by atoms with Gasteiger partial charge in [-0.2, -0.15) is 0 Å². The standard InChI is InChI=1S/C15H23NO2/c1-5-16-14(10-15(17)18-4)9-13-7-6-11(2)12(3)8-13/h6-8,14,16H,5,9-10H2,1-4H3. The third-order valence-corrected chi connectivity index (χ3v) is 3.19. The number of carbonyl (C=O) groups is 1. The van der Waals surface area contributed by atoms with Gasteiger partial charge in [-0.3, -0.25) is 4.79 Å². The summed E-state index contributed by atoms with van der Waals surface area (Å²) in [6, 6.07) is 6.59. The molecule has 0 heterocycles. The van der Waals surface area contributed by atoms with E-state index in [1.54, 1.807) is 0 Å². The molecule has 1 aromatic carbocycles. The van der Waals surface area contributed by atoms with Crippen molar-refractivity contribution in [3.8, 4) is 0 Å². The highest BCUT2D eigenvalue weighted by Gasteiger charge is 2.14. The first kappa shape index (κ1) is 14.7. The Balaban J connectivity index is 2.69. The zero-order valence-electron chi connectivity index (χ0n) is 11.7. The number of carbonyl (C=O) groups excluding carboxylic acids is 1. The summed E-state index contributed by atoms with van der Waals surface area (Å²) in [6.07, 6.45) is 1.27. The number of hydrogen-bond acceptors (Lipinski definition) is 3. The maximum absolute atomic E-state index is 11.3. The predicted molar refractivity (Wildman–Crippen MR) is 73.7 cm³/mol. The lowest BCUT2D eigenvalue weighted by Gasteiger charge is -2.17. The average molecular weight is 249 g/mol. The molecule has 0 fully saturated rings. The van der Waals surface area contributed by atoms with E-state index < -0.39 is 0 Å². The Hall–Kier alpha value is -1.35. The van der Waals surface area contributed by atoms with Crippen molar-refractivity contribution in [1.82, 2.24) is 5.32 Å². The molecule has 0 saturated heterocycles. The first-order valence-corrected chi connectivity index (χ1v) is 6.43. The van der Waals surface area contributed by atoms with E-state index in [4.69, 9.17) is 4.74 Å².